The van der Waals surface area contributed by atoms with Crippen molar-refractivity contribution in [3.05, 3.63) is 35.1 Å². The Morgan fingerprint density at radius 3 is 2.87 bits per heavy atom. The maximum absolute atomic E-state index is 10.9. The summed E-state index contributed by atoms with van der Waals surface area (Å²) >= 11 is 0. The number of aldehydes is 1. The molecule has 0 unspecified atom stereocenters. The molecule has 0 atom stereocenters. The molecule has 0 bridgehead atoms. The highest BCUT2D eigenvalue weighted by Crippen LogP contribution is 2.25. The molecule has 0 fully saturated rings. The van der Waals surface area contributed by atoms with Crippen LogP contribution < -0.4 is 0 Å². The van der Waals surface area contributed by atoms with Crippen LogP contribution in [0.2, 0.25) is 0 Å². The van der Waals surface area contributed by atoms with Crippen molar-refractivity contribution in [3.63, 3.8) is 0 Å². The highest BCUT2D eigenvalue weighted by molar-refractivity contribution is 5.97. The summed E-state index contributed by atoms with van der Waals surface area (Å²) in [5.74, 6) is 0.341. The average molecular weight is 204 g/mol. The molecule has 78 valence electrons. The molecule has 1 N–H and O–H groups in total. The number of carbonyl (C=O) groups excluding carboxylic acids is 1. The van der Waals surface area contributed by atoms with Gasteiger partial charge < -0.3 is 9.52 Å². The molecule has 0 radical (unpaired) electrons. The third-order valence-electron chi connectivity index (χ3n) is 2.54. The van der Waals surface area contributed by atoms with Gasteiger partial charge in [-0.3, -0.25) is 4.79 Å². The zero-order chi connectivity index (χ0) is 10.8. The summed E-state index contributed by atoms with van der Waals surface area (Å²) in [5, 5.41) is 9.81. The lowest BCUT2D eigenvalue weighted by Crippen LogP contribution is -1.86. The minimum Gasteiger partial charge on any atom is -0.458 e. The van der Waals surface area contributed by atoms with Gasteiger partial charge in [0.25, 0.3) is 0 Å². The van der Waals surface area contributed by atoms with E-state index in [4.69, 9.17) is 9.52 Å². The molecule has 0 saturated heterocycles. The van der Waals surface area contributed by atoms with Gasteiger partial charge in [-0.15, -0.1) is 0 Å². The van der Waals surface area contributed by atoms with E-state index >= 15 is 0 Å². The van der Waals surface area contributed by atoms with Gasteiger partial charge in [-0.1, -0.05) is 13.0 Å². The van der Waals surface area contributed by atoms with Gasteiger partial charge in [-0.25, -0.2) is 0 Å². The van der Waals surface area contributed by atoms with Crippen LogP contribution in [-0.4, -0.2) is 11.4 Å². The molecule has 0 spiro atoms. The van der Waals surface area contributed by atoms with Crippen LogP contribution in [0.5, 0.6) is 0 Å². The molecule has 2 rings (SSSR count). The summed E-state index contributed by atoms with van der Waals surface area (Å²) < 4.78 is 5.36. The Labute approximate surface area is 87.3 Å². The van der Waals surface area contributed by atoms with E-state index in [9.17, 15) is 4.79 Å². The van der Waals surface area contributed by atoms with E-state index in [1.54, 1.807) is 0 Å². The first-order chi connectivity index (χ1) is 7.30. The average Bonchev–Trinajstić information content (AvgIpc) is 2.65. The lowest BCUT2D eigenvalue weighted by Gasteiger charge is -1.95. The Balaban J connectivity index is 2.73. The summed E-state index contributed by atoms with van der Waals surface area (Å²) in [4.78, 5) is 10.9. The zero-order valence-electron chi connectivity index (χ0n) is 8.49. The predicted molar refractivity (Wildman–Crippen MR) is 56.9 cm³/mol. The van der Waals surface area contributed by atoms with Crippen molar-refractivity contribution in [2.75, 3.05) is 0 Å². The number of aliphatic hydroxyl groups excluding tert-OH is 1. The number of aliphatic hydroxyl groups is 1. The normalized spacial score (nSPS) is 10.8. The van der Waals surface area contributed by atoms with Crippen LogP contribution in [0.15, 0.2) is 22.6 Å². The summed E-state index contributed by atoms with van der Waals surface area (Å²) in [7, 11) is 0. The Morgan fingerprint density at radius 1 is 1.47 bits per heavy atom. The van der Waals surface area contributed by atoms with Crippen molar-refractivity contribution in [1.29, 1.82) is 0 Å². The number of rotatable bonds is 3. The van der Waals surface area contributed by atoms with Crippen LogP contribution in [-0.2, 0) is 13.0 Å². The Hall–Kier alpha value is -1.61. The van der Waals surface area contributed by atoms with Crippen molar-refractivity contribution >= 4 is 17.3 Å². The van der Waals surface area contributed by atoms with Gasteiger partial charge >= 0.3 is 0 Å². The summed E-state index contributed by atoms with van der Waals surface area (Å²) in [6, 6.07) is 5.73. The second-order valence-electron chi connectivity index (χ2n) is 3.40. The third kappa shape index (κ3) is 1.55. The van der Waals surface area contributed by atoms with Crippen molar-refractivity contribution in [1.82, 2.24) is 0 Å². The topological polar surface area (TPSA) is 50.4 Å². The molecule has 0 aliphatic carbocycles. The molecule has 3 heteroatoms. The number of hydrogen-bond acceptors (Lipinski definition) is 3. The number of carbonyl (C=O) groups is 1. The molecule has 0 aliphatic rings. The van der Waals surface area contributed by atoms with Gasteiger partial charge in [0.2, 0.25) is 0 Å². The molecule has 0 saturated carbocycles. The molecular formula is C12H12O3. The molecule has 3 nitrogen and oxygen atoms in total. The maximum Gasteiger partial charge on any atom is 0.154 e. The Bertz CT molecular complexity index is 497. The van der Waals surface area contributed by atoms with Crippen LogP contribution in [0, 0.1) is 0 Å². The number of aryl methyl sites for hydroxylation is 1. The second kappa shape index (κ2) is 3.87. The van der Waals surface area contributed by atoms with Gasteiger partial charge in [0.05, 0.1) is 5.56 Å². The molecule has 1 aromatic heterocycles. The van der Waals surface area contributed by atoms with Crippen LogP contribution >= 0.6 is 0 Å². The molecule has 0 aliphatic heterocycles. The molecule has 1 heterocycles. The van der Waals surface area contributed by atoms with E-state index < -0.39 is 0 Å². The highest BCUT2D eigenvalue weighted by atomic mass is 16.4. The molecule has 15 heavy (non-hydrogen) atoms. The molecular weight excluding hydrogens is 192 g/mol. The van der Waals surface area contributed by atoms with Gasteiger partial charge in [-0.05, 0) is 24.1 Å². The van der Waals surface area contributed by atoms with Gasteiger partial charge in [-0.2, -0.15) is 0 Å². The fraction of sp³-hybridized carbons (Fsp3) is 0.250. The highest BCUT2D eigenvalue weighted by Gasteiger charge is 2.12. The Kier molecular flexibility index (Phi) is 2.56. The van der Waals surface area contributed by atoms with Crippen molar-refractivity contribution in [2.45, 2.75) is 20.0 Å². The third-order valence-corrected chi connectivity index (χ3v) is 2.54. The van der Waals surface area contributed by atoms with E-state index in [0.29, 0.717) is 16.9 Å². The first-order valence-electron chi connectivity index (χ1n) is 4.90. The largest absolute Gasteiger partial charge is 0.458 e. The lowest BCUT2D eigenvalue weighted by molar-refractivity contribution is 0.111. The summed E-state index contributed by atoms with van der Waals surface area (Å²) in [5.41, 5.74) is 2.26. The van der Waals surface area contributed by atoms with E-state index in [2.05, 4.69) is 6.92 Å². The monoisotopic (exact) mass is 204 g/mol. The van der Waals surface area contributed by atoms with E-state index in [1.165, 1.54) is 0 Å². The van der Waals surface area contributed by atoms with Gasteiger partial charge in [0, 0.05) is 5.39 Å². The molecule has 0 amide bonds. The first kappa shape index (κ1) is 9.93. The SMILES string of the molecule is CCc1ccc2oc(CO)c(C=O)c2c1. The van der Waals surface area contributed by atoms with Crippen LogP contribution in [0.3, 0.4) is 0 Å². The Morgan fingerprint density at radius 2 is 2.27 bits per heavy atom. The standard InChI is InChI=1S/C12H12O3/c1-2-8-3-4-11-9(5-8)10(6-13)12(7-14)15-11/h3-6,14H,2,7H2,1H3. The van der Waals surface area contributed by atoms with Crippen molar-refractivity contribution < 1.29 is 14.3 Å². The maximum atomic E-state index is 10.9. The van der Waals surface area contributed by atoms with Crippen molar-refractivity contribution in [3.8, 4) is 0 Å². The van der Waals surface area contributed by atoms with E-state index in [1.807, 2.05) is 18.2 Å². The fourth-order valence-corrected chi connectivity index (χ4v) is 1.68. The summed E-state index contributed by atoms with van der Waals surface area (Å²) in [6.45, 7) is 1.80. The van der Waals surface area contributed by atoms with Crippen LogP contribution in [0.1, 0.15) is 28.6 Å². The quantitative estimate of drug-likeness (QED) is 0.780. The van der Waals surface area contributed by atoms with Crippen molar-refractivity contribution in [2.24, 2.45) is 0 Å². The smallest absolute Gasteiger partial charge is 0.154 e. The van der Waals surface area contributed by atoms with Gasteiger partial charge in [0.1, 0.15) is 18.0 Å². The summed E-state index contributed by atoms with van der Waals surface area (Å²) in [6.07, 6.45) is 1.64. The second-order valence-corrected chi connectivity index (χ2v) is 3.40. The number of fused-ring (bicyclic) bond motifs is 1. The van der Waals surface area contributed by atoms with E-state index in [-0.39, 0.29) is 6.61 Å². The predicted octanol–water partition coefficient (Wildman–Crippen LogP) is 2.30. The zero-order valence-corrected chi connectivity index (χ0v) is 8.49. The molecule has 2 aromatic rings. The van der Waals surface area contributed by atoms with Gasteiger partial charge in [0.15, 0.2) is 6.29 Å². The minimum atomic E-state index is -0.246. The molecule has 1 aromatic carbocycles. The number of furan rings is 1. The van der Waals surface area contributed by atoms with Crippen LogP contribution in [0.4, 0.5) is 0 Å². The number of hydrogen-bond donors (Lipinski definition) is 1. The first-order valence-corrected chi connectivity index (χ1v) is 4.90. The minimum absolute atomic E-state index is 0.246. The number of benzene rings is 1. The lowest BCUT2D eigenvalue weighted by atomic mass is 10.1. The van der Waals surface area contributed by atoms with E-state index in [0.717, 1.165) is 23.7 Å². The van der Waals surface area contributed by atoms with Crippen LogP contribution in [0.25, 0.3) is 11.0 Å². The fourth-order valence-electron chi connectivity index (χ4n) is 1.68.